The molecule has 1 aromatic rings. The number of nitrogen functional groups attached to an aromatic ring is 1. The highest BCUT2D eigenvalue weighted by molar-refractivity contribution is 6.04. The number of carbonyl (C=O) groups excluding carboxylic acids is 1. The lowest BCUT2D eigenvalue weighted by Gasteiger charge is -2.28. The predicted octanol–water partition coefficient (Wildman–Crippen LogP) is 4.95. The van der Waals surface area contributed by atoms with E-state index in [1.165, 1.54) is 0 Å². The SMILES string of the molecule is CC.CCCC(CN(C)C(=O)OC(C)(C)C)C(=N)c1ccccc1N. The maximum atomic E-state index is 12.1. The molecular formula is C20H35N3O2. The van der Waals surface area contributed by atoms with Gasteiger partial charge in [-0.15, -0.1) is 0 Å². The number of rotatable bonds is 6. The maximum Gasteiger partial charge on any atom is 0.410 e. The largest absolute Gasteiger partial charge is 0.444 e. The number of para-hydroxylation sites is 1. The second-order valence-electron chi connectivity index (χ2n) is 6.85. The molecule has 0 aliphatic heterocycles. The summed E-state index contributed by atoms with van der Waals surface area (Å²) in [5.41, 5.74) is 7.27. The molecule has 0 saturated carbocycles. The first-order valence-corrected chi connectivity index (χ1v) is 9.03. The topological polar surface area (TPSA) is 79.4 Å². The third-order valence-electron chi connectivity index (χ3n) is 3.50. The van der Waals surface area contributed by atoms with Crippen LogP contribution in [-0.4, -0.2) is 35.9 Å². The van der Waals surface area contributed by atoms with E-state index in [0.717, 1.165) is 18.4 Å². The smallest absolute Gasteiger partial charge is 0.410 e. The molecule has 1 amide bonds. The summed E-state index contributed by atoms with van der Waals surface area (Å²) in [5, 5.41) is 8.49. The van der Waals surface area contributed by atoms with E-state index >= 15 is 0 Å². The van der Waals surface area contributed by atoms with Gasteiger partial charge < -0.3 is 20.8 Å². The Morgan fingerprint density at radius 2 is 1.84 bits per heavy atom. The Hall–Kier alpha value is -2.04. The standard InChI is InChI=1S/C18H29N3O2.C2H6/c1-6-9-13(12-21(5)17(22)23-18(2,3)4)16(20)14-10-7-8-11-15(14)19;1-2/h7-8,10-11,13,20H,6,9,12,19H2,1-5H3;1-2H3. The average Bonchev–Trinajstić information content (AvgIpc) is 2.54. The summed E-state index contributed by atoms with van der Waals surface area (Å²) in [5.74, 6) is -0.0674. The molecule has 5 heteroatoms. The van der Waals surface area contributed by atoms with Crippen molar-refractivity contribution in [1.82, 2.24) is 4.90 Å². The fourth-order valence-corrected chi connectivity index (χ4v) is 2.38. The molecule has 1 rings (SSSR count). The van der Waals surface area contributed by atoms with Crippen LogP contribution >= 0.6 is 0 Å². The quantitative estimate of drug-likeness (QED) is 0.563. The Balaban J connectivity index is 0.00000277. The number of nitrogens with zero attached hydrogens (tertiary/aromatic N) is 1. The summed E-state index contributed by atoms with van der Waals surface area (Å²) in [4.78, 5) is 13.7. The number of nitrogens with two attached hydrogens (primary N) is 1. The Morgan fingerprint density at radius 3 is 2.32 bits per heavy atom. The minimum atomic E-state index is -0.525. The second-order valence-corrected chi connectivity index (χ2v) is 6.85. The van der Waals surface area contributed by atoms with Gasteiger partial charge in [0.2, 0.25) is 0 Å². The van der Waals surface area contributed by atoms with Crippen LogP contribution in [0.15, 0.2) is 24.3 Å². The first-order valence-electron chi connectivity index (χ1n) is 9.03. The van der Waals surface area contributed by atoms with Gasteiger partial charge in [-0.1, -0.05) is 45.4 Å². The molecule has 142 valence electrons. The van der Waals surface area contributed by atoms with Crippen molar-refractivity contribution in [3.63, 3.8) is 0 Å². The molecule has 0 aliphatic carbocycles. The molecule has 0 fully saturated rings. The van der Waals surface area contributed by atoms with Crippen LogP contribution in [-0.2, 0) is 4.74 Å². The highest BCUT2D eigenvalue weighted by atomic mass is 16.6. The molecule has 25 heavy (non-hydrogen) atoms. The van der Waals surface area contributed by atoms with E-state index in [0.29, 0.717) is 17.9 Å². The molecule has 3 N–H and O–H groups in total. The van der Waals surface area contributed by atoms with Gasteiger partial charge in [-0.3, -0.25) is 0 Å². The Labute approximate surface area is 153 Å². The van der Waals surface area contributed by atoms with Gasteiger partial charge >= 0.3 is 6.09 Å². The third kappa shape index (κ3) is 8.05. The molecule has 1 atom stereocenters. The van der Waals surface area contributed by atoms with Crippen molar-refractivity contribution in [1.29, 1.82) is 5.41 Å². The summed E-state index contributed by atoms with van der Waals surface area (Å²) in [6.45, 7) is 12.0. The third-order valence-corrected chi connectivity index (χ3v) is 3.50. The van der Waals surface area contributed by atoms with Gasteiger partial charge in [0.15, 0.2) is 0 Å². The van der Waals surface area contributed by atoms with E-state index in [-0.39, 0.29) is 12.0 Å². The lowest BCUT2D eigenvalue weighted by atomic mass is 9.91. The van der Waals surface area contributed by atoms with Gasteiger partial charge in [-0.2, -0.15) is 0 Å². The zero-order valence-corrected chi connectivity index (χ0v) is 16.8. The van der Waals surface area contributed by atoms with Crippen molar-refractivity contribution < 1.29 is 9.53 Å². The van der Waals surface area contributed by atoms with Crippen LogP contribution in [0.25, 0.3) is 0 Å². The minimum Gasteiger partial charge on any atom is -0.444 e. The molecule has 0 heterocycles. The zero-order chi connectivity index (χ0) is 19.6. The van der Waals surface area contributed by atoms with Crippen LogP contribution in [0.4, 0.5) is 10.5 Å². The summed E-state index contributed by atoms with van der Waals surface area (Å²) < 4.78 is 5.38. The average molecular weight is 350 g/mol. The van der Waals surface area contributed by atoms with Gasteiger partial charge in [0, 0.05) is 36.5 Å². The van der Waals surface area contributed by atoms with E-state index in [1.807, 2.05) is 52.8 Å². The fraction of sp³-hybridized carbons (Fsp3) is 0.600. The monoisotopic (exact) mass is 349 g/mol. The van der Waals surface area contributed by atoms with E-state index < -0.39 is 5.60 Å². The number of carbonyl (C=O) groups is 1. The van der Waals surface area contributed by atoms with Gasteiger partial charge in [0.05, 0.1) is 0 Å². The second kappa shape index (κ2) is 10.7. The lowest BCUT2D eigenvalue weighted by Crippen LogP contribution is -2.38. The summed E-state index contributed by atoms with van der Waals surface area (Å²) >= 11 is 0. The van der Waals surface area contributed by atoms with Gasteiger partial charge in [-0.25, -0.2) is 4.79 Å². The van der Waals surface area contributed by atoms with Crippen LogP contribution in [0.5, 0.6) is 0 Å². The van der Waals surface area contributed by atoms with Crippen molar-refractivity contribution in [3.8, 4) is 0 Å². The molecular weight excluding hydrogens is 314 g/mol. The van der Waals surface area contributed by atoms with Gasteiger partial charge in [0.1, 0.15) is 5.60 Å². The number of amides is 1. The predicted molar refractivity (Wildman–Crippen MR) is 106 cm³/mol. The first-order chi connectivity index (χ1) is 11.7. The highest BCUT2D eigenvalue weighted by Gasteiger charge is 2.24. The van der Waals surface area contributed by atoms with Gasteiger partial charge in [0.25, 0.3) is 0 Å². The molecule has 0 aliphatic rings. The van der Waals surface area contributed by atoms with Crippen LogP contribution < -0.4 is 5.73 Å². The van der Waals surface area contributed by atoms with Crippen LogP contribution in [0.2, 0.25) is 0 Å². The number of hydrogen-bond donors (Lipinski definition) is 2. The number of benzene rings is 1. The lowest BCUT2D eigenvalue weighted by molar-refractivity contribution is 0.0285. The maximum absolute atomic E-state index is 12.1. The molecule has 5 nitrogen and oxygen atoms in total. The molecule has 0 radical (unpaired) electrons. The zero-order valence-electron chi connectivity index (χ0n) is 16.8. The molecule has 0 spiro atoms. The van der Waals surface area contributed by atoms with Crippen molar-refractivity contribution in [2.75, 3.05) is 19.3 Å². The molecule has 1 aromatic carbocycles. The molecule has 0 bridgehead atoms. The van der Waals surface area contributed by atoms with Crippen molar-refractivity contribution in [3.05, 3.63) is 29.8 Å². The summed E-state index contributed by atoms with van der Waals surface area (Å²) in [6.07, 6.45) is 1.38. The number of nitrogens with one attached hydrogen (secondary N) is 1. The van der Waals surface area contributed by atoms with Crippen molar-refractivity contribution >= 4 is 17.5 Å². The Kier molecular flexibility index (Phi) is 9.87. The number of anilines is 1. The van der Waals surface area contributed by atoms with E-state index in [2.05, 4.69) is 6.92 Å². The highest BCUT2D eigenvalue weighted by Crippen LogP contribution is 2.21. The van der Waals surface area contributed by atoms with Crippen LogP contribution in [0, 0.1) is 11.3 Å². The fourth-order valence-electron chi connectivity index (χ4n) is 2.38. The molecule has 0 aromatic heterocycles. The van der Waals surface area contributed by atoms with E-state index in [4.69, 9.17) is 15.9 Å². The van der Waals surface area contributed by atoms with Crippen LogP contribution in [0.1, 0.15) is 59.9 Å². The van der Waals surface area contributed by atoms with Crippen molar-refractivity contribution in [2.24, 2.45) is 5.92 Å². The Morgan fingerprint density at radius 1 is 1.28 bits per heavy atom. The number of hydrogen-bond acceptors (Lipinski definition) is 4. The van der Waals surface area contributed by atoms with E-state index in [1.54, 1.807) is 18.0 Å². The molecule has 0 saturated heterocycles. The van der Waals surface area contributed by atoms with E-state index in [9.17, 15) is 4.79 Å². The normalized spacial score (nSPS) is 11.8. The number of ether oxygens (including phenoxy) is 1. The van der Waals surface area contributed by atoms with Crippen LogP contribution in [0.3, 0.4) is 0 Å². The Bertz CT molecular complexity index is 550. The van der Waals surface area contributed by atoms with Gasteiger partial charge in [-0.05, 0) is 33.3 Å². The van der Waals surface area contributed by atoms with Crippen molar-refractivity contribution in [2.45, 2.75) is 60.0 Å². The summed E-state index contributed by atoms with van der Waals surface area (Å²) in [6, 6.07) is 7.38. The minimum absolute atomic E-state index is 0.0674. The molecule has 1 unspecified atom stereocenters. The first kappa shape index (κ1) is 23.0. The summed E-state index contributed by atoms with van der Waals surface area (Å²) in [7, 11) is 1.71.